The number of ether oxygens (including phenoxy) is 1. The van der Waals surface area contributed by atoms with Crippen molar-refractivity contribution < 1.29 is 13.9 Å². The monoisotopic (exact) mass is 276 g/mol. The zero-order valence-electron chi connectivity index (χ0n) is 10.7. The molecule has 6 nitrogen and oxygen atoms in total. The quantitative estimate of drug-likeness (QED) is 0.585. The Balaban J connectivity index is 2.23. The number of nitrogen functional groups attached to an aromatic ring is 1. The van der Waals surface area contributed by atoms with Crippen molar-refractivity contribution in [2.24, 2.45) is 5.84 Å². The second-order valence-electron chi connectivity index (χ2n) is 3.87. The van der Waals surface area contributed by atoms with Crippen molar-refractivity contribution in [2.75, 3.05) is 17.9 Å². The van der Waals surface area contributed by atoms with Crippen LogP contribution < -0.4 is 21.3 Å². The largest absolute Gasteiger partial charge is 0.494 e. The minimum Gasteiger partial charge on any atom is -0.494 e. The first-order valence-electron chi connectivity index (χ1n) is 5.71. The molecule has 0 unspecified atom stereocenters. The minimum atomic E-state index is -0.504. The topological polar surface area (TPSA) is 89.3 Å². The van der Waals surface area contributed by atoms with Gasteiger partial charge in [0.1, 0.15) is 0 Å². The number of carbonyl (C=O) groups excluding carboxylic acids is 1. The van der Waals surface area contributed by atoms with Crippen LogP contribution in [0.3, 0.4) is 0 Å². The van der Waals surface area contributed by atoms with Gasteiger partial charge in [-0.25, -0.2) is 4.39 Å². The van der Waals surface area contributed by atoms with E-state index in [4.69, 9.17) is 10.6 Å². The Morgan fingerprint density at radius 3 is 2.90 bits per heavy atom. The normalized spacial score (nSPS) is 9.95. The number of hydrogen-bond donors (Lipinski definition) is 3. The van der Waals surface area contributed by atoms with Gasteiger partial charge in [0.15, 0.2) is 11.6 Å². The number of methoxy groups -OCH3 is 1. The highest BCUT2D eigenvalue weighted by Gasteiger charge is 2.12. The fraction of sp³-hybridized carbons (Fsp3) is 0.0769. The van der Waals surface area contributed by atoms with Crippen molar-refractivity contribution in [1.29, 1.82) is 0 Å². The van der Waals surface area contributed by atoms with Gasteiger partial charge < -0.3 is 15.5 Å². The van der Waals surface area contributed by atoms with Gasteiger partial charge in [0, 0.05) is 24.1 Å². The summed E-state index contributed by atoms with van der Waals surface area (Å²) in [4.78, 5) is 16.0. The molecule has 1 aromatic carbocycles. The van der Waals surface area contributed by atoms with Crippen LogP contribution in [0.25, 0.3) is 0 Å². The smallest absolute Gasteiger partial charge is 0.259 e. The number of nitrogens with zero attached hydrogens (tertiary/aromatic N) is 1. The number of amides is 1. The molecule has 4 N–H and O–H groups in total. The Morgan fingerprint density at radius 1 is 1.40 bits per heavy atom. The maximum absolute atomic E-state index is 13.3. The Kier molecular flexibility index (Phi) is 4.11. The first-order chi connectivity index (χ1) is 9.65. The van der Waals surface area contributed by atoms with Crippen LogP contribution >= 0.6 is 0 Å². The van der Waals surface area contributed by atoms with E-state index in [-0.39, 0.29) is 11.3 Å². The lowest BCUT2D eigenvalue weighted by Crippen LogP contribution is -2.17. The molecular weight excluding hydrogens is 263 g/mol. The van der Waals surface area contributed by atoms with Crippen LogP contribution in [-0.4, -0.2) is 18.0 Å². The minimum absolute atomic E-state index is 0.0474. The fourth-order valence-electron chi connectivity index (χ4n) is 1.64. The van der Waals surface area contributed by atoms with Crippen molar-refractivity contribution in [3.8, 4) is 5.75 Å². The maximum Gasteiger partial charge on any atom is 0.259 e. The SMILES string of the molecule is COc1cc(NC(=O)c2cnccc2NN)ccc1F. The molecule has 0 spiro atoms. The van der Waals surface area contributed by atoms with Crippen molar-refractivity contribution in [1.82, 2.24) is 4.98 Å². The molecule has 20 heavy (non-hydrogen) atoms. The number of aromatic nitrogens is 1. The predicted molar refractivity (Wildman–Crippen MR) is 73.0 cm³/mol. The number of pyridine rings is 1. The molecule has 7 heteroatoms. The van der Waals surface area contributed by atoms with Crippen LogP contribution in [0.4, 0.5) is 15.8 Å². The number of benzene rings is 1. The Hall–Kier alpha value is -2.67. The summed E-state index contributed by atoms with van der Waals surface area (Å²) in [5, 5.41) is 2.61. The van der Waals surface area contributed by atoms with E-state index in [0.29, 0.717) is 11.4 Å². The number of hydrogen-bond acceptors (Lipinski definition) is 5. The second-order valence-corrected chi connectivity index (χ2v) is 3.87. The summed E-state index contributed by atoms with van der Waals surface area (Å²) in [6.07, 6.45) is 2.89. The third kappa shape index (κ3) is 2.83. The number of hydrazine groups is 1. The number of nitrogens with two attached hydrogens (primary N) is 1. The molecular formula is C13H13FN4O2. The van der Waals surface area contributed by atoms with Crippen molar-refractivity contribution in [3.05, 3.63) is 48.0 Å². The zero-order chi connectivity index (χ0) is 14.5. The third-order valence-electron chi connectivity index (χ3n) is 2.63. The number of carbonyl (C=O) groups is 1. The molecule has 1 heterocycles. The van der Waals surface area contributed by atoms with Gasteiger partial charge in [0.25, 0.3) is 5.91 Å². The van der Waals surface area contributed by atoms with E-state index in [0.717, 1.165) is 0 Å². The van der Waals surface area contributed by atoms with Gasteiger partial charge in [-0.15, -0.1) is 0 Å². The highest BCUT2D eigenvalue weighted by Crippen LogP contribution is 2.22. The molecule has 1 amide bonds. The zero-order valence-corrected chi connectivity index (χ0v) is 10.7. The average Bonchev–Trinajstić information content (AvgIpc) is 2.49. The molecule has 0 aliphatic rings. The second kappa shape index (κ2) is 5.98. The van der Waals surface area contributed by atoms with Gasteiger partial charge in [-0.05, 0) is 18.2 Å². The van der Waals surface area contributed by atoms with E-state index in [2.05, 4.69) is 15.7 Å². The van der Waals surface area contributed by atoms with Crippen LogP contribution in [0, 0.1) is 5.82 Å². The lowest BCUT2D eigenvalue weighted by molar-refractivity contribution is 0.102. The number of halogens is 1. The molecule has 104 valence electrons. The molecule has 2 aromatic rings. The molecule has 0 radical (unpaired) electrons. The highest BCUT2D eigenvalue weighted by atomic mass is 19.1. The molecule has 0 bridgehead atoms. The summed E-state index contributed by atoms with van der Waals surface area (Å²) in [6, 6.07) is 5.60. The predicted octanol–water partition coefficient (Wildman–Crippen LogP) is 1.77. The van der Waals surface area contributed by atoms with E-state index < -0.39 is 11.7 Å². The molecule has 0 fully saturated rings. The van der Waals surface area contributed by atoms with E-state index in [9.17, 15) is 9.18 Å². The summed E-state index contributed by atoms with van der Waals surface area (Å²) in [6.45, 7) is 0. The van der Waals surface area contributed by atoms with E-state index in [1.54, 1.807) is 6.07 Å². The molecule has 0 atom stereocenters. The van der Waals surface area contributed by atoms with E-state index in [1.807, 2.05) is 0 Å². The summed E-state index contributed by atoms with van der Waals surface area (Å²) in [7, 11) is 1.35. The summed E-state index contributed by atoms with van der Waals surface area (Å²) < 4.78 is 18.1. The van der Waals surface area contributed by atoms with Crippen LogP contribution in [0.1, 0.15) is 10.4 Å². The van der Waals surface area contributed by atoms with Crippen molar-refractivity contribution in [3.63, 3.8) is 0 Å². The molecule has 0 saturated carbocycles. The molecule has 0 saturated heterocycles. The number of anilines is 2. The van der Waals surface area contributed by atoms with Crippen molar-refractivity contribution in [2.45, 2.75) is 0 Å². The lowest BCUT2D eigenvalue weighted by atomic mass is 10.2. The van der Waals surface area contributed by atoms with E-state index in [1.165, 1.54) is 37.7 Å². The average molecular weight is 276 g/mol. The Labute approximate surface area is 114 Å². The molecule has 0 aliphatic carbocycles. The lowest BCUT2D eigenvalue weighted by Gasteiger charge is -2.10. The molecule has 1 aromatic heterocycles. The summed E-state index contributed by atoms with van der Waals surface area (Å²) in [5.41, 5.74) is 3.52. The van der Waals surface area contributed by atoms with Gasteiger partial charge in [0.05, 0.1) is 18.4 Å². The third-order valence-corrected chi connectivity index (χ3v) is 2.63. The fourth-order valence-corrected chi connectivity index (χ4v) is 1.64. The number of rotatable bonds is 4. The molecule has 0 aliphatic heterocycles. The van der Waals surface area contributed by atoms with Gasteiger partial charge in [-0.3, -0.25) is 15.6 Å². The Bertz CT molecular complexity index is 634. The number of nitrogens with one attached hydrogen (secondary N) is 2. The highest BCUT2D eigenvalue weighted by molar-refractivity contribution is 6.07. The van der Waals surface area contributed by atoms with Crippen LogP contribution in [-0.2, 0) is 0 Å². The first kappa shape index (κ1) is 13.8. The van der Waals surface area contributed by atoms with E-state index >= 15 is 0 Å². The van der Waals surface area contributed by atoms with Gasteiger partial charge in [-0.1, -0.05) is 0 Å². The maximum atomic E-state index is 13.3. The first-order valence-corrected chi connectivity index (χ1v) is 5.71. The van der Waals surface area contributed by atoms with Crippen LogP contribution in [0.5, 0.6) is 5.75 Å². The van der Waals surface area contributed by atoms with Gasteiger partial charge >= 0.3 is 0 Å². The van der Waals surface area contributed by atoms with Gasteiger partial charge in [-0.2, -0.15) is 0 Å². The Morgan fingerprint density at radius 2 is 2.20 bits per heavy atom. The van der Waals surface area contributed by atoms with Crippen LogP contribution in [0.2, 0.25) is 0 Å². The summed E-state index contributed by atoms with van der Waals surface area (Å²) in [5.74, 6) is 4.45. The summed E-state index contributed by atoms with van der Waals surface area (Å²) >= 11 is 0. The molecule has 2 rings (SSSR count). The van der Waals surface area contributed by atoms with Crippen molar-refractivity contribution >= 4 is 17.3 Å². The van der Waals surface area contributed by atoms with Gasteiger partial charge in [0.2, 0.25) is 0 Å². The standard InChI is InChI=1S/C13H13FN4O2/c1-20-12-6-8(2-3-10(12)14)17-13(19)9-7-16-5-4-11(9)18-15/h2-7H,15H2,1H3,(H,16,18)(H,17,19). The van der Waals surface area contributed by atoms with Crippen LogP contribution in [0.15, 0.2) is 36.7 Å².